The number of hydrogen-bond acceptors (Lipinski definition) is 3. The van der Waals surface area contributed by atoms with E-state index >= 15 is 0 Å². The number of aryl methyl sites for hydroxylation is 1. The van der Waals surface area contributed by atoms with Crippen molar-refractivity contribution in [1.29, 1.82) is 0 Å². The second kappa shape index (κ2) is 4.16. The van der Waals surface area contributed by atoms with Crippen molar-refractivity contribution in [3.05, 3.63) is 10.0 Å². The number of halogens is 1. The van der Waals surface area contributed by atoms with Crippen molar-refractivity contribution in [2.75, 3.05) is 0 Å². The fraction of sp³-hybridized carbons (Fsp3) is 0.714. The average Bonchev–Trinajstić information content (AvgIpc) is 2.35. The van der Waals surface area contributed by atoms with E-state index in [1.54, 1.807) is 11.3 Å². The number of aromatic nitrogens is 2. The van der Waals surface area contributed by atoms with Crippen LogP contribution in [0.3, 0.4) is 0 Å². The molecule has 0 fully saturated rings. The molecule has 0 amide bonds. The molecule has 0 aliphatic rings. The molecule has 0 aliphatic heterocycles. The Morgan fingerprint density at radius 1 is 1.55 bits per heavy atom. The summed E-state index contributed by atoms with van der Waals surface area (Å²) in [6, 6.07) is 0. The third-order valence-corrected chi connectivity index (χ3v) is 3.24. The van der Waals surface area contributed by atoms with Crippen molar-refractivity contribution >= 4 is 27.3 Å². The minimum Gasteiger partial charge on any atom is -0.144 e. The predicted molar refractivity (Wildman–Crippen MR) is 51.4 cm³/mol. The first-order chi connectivity index (χ1) is 5.22. The van der Waals surface area contributed by atoms with Gasteiger partial charge in [-0.1, -0.05) is 22.9 Å². The van der Waals surface area contributed by atoms with E-state index in [4.69, 9.17) is 0 Å². The second-order valence-electron chi connectivity index (χ2n) is 2.42. The average molecular weight is 235 g/mol. The van der Waals surface area contributed by atoms with Gasteiger partial charge in [0.2, 0.25) is 0 Å². The Morgan fingerprint density at radius 2 is 2.27 bits per heavy atom. The molecule has 0 radical (unpaired) electrons. The zero-order valence-electron chi connectivity index (χ0n) is 6.67. The molecule has 1 aromatic heterocycles. The van der Waals surface area contributed by atoms with Crippen molar-refractivity contribution in [3.8, 4) is 0 Å². The lowest BCUT2D eigenvalue weighted by atomic mass is 10.3. The zero-order valence-corrected chi connectivity index (χ0v) is 9.07. The van der Waals surface area contributed by atoms with E-state index < -0.39 is 0 Å². The highest BCUT2D eigenvalue weighted by atomic mass is 79.9. The molecule has 0 spiro atoms. The highest BCUT2D eigenvalue weighted by Gasteiger charge is 2.06. The molecule has 2 nitrogen and oxygen atoms in total. The molecule has 0 saturated heterocycles. The normalized spacial score (nSPS) is 13.4. The number of nitrogens with zero attached hydrogens (tertiary/aromatic N) is 2. The van der Waals surface area contributed by atoms with Gasteiger partial charge in [0.25, 0.3) is 0 Å². The zero-order chi connectivity index (χ0) is 8.27. The Balaban J connectivity index is 2.50. The number of alkyl halides is 1. The molecule has 0 aliphatic carbocycles. The highest BCUT2D eigenvalue weighted by molar-refractivity contribution is 9.09. The van der Waals surface area contributed by atoms with E-state index in [9.17, 15) is 0 Å². The first-order valence-corrected chi connectivity index (χ1v) is 5.38. The Morgan fingerprint density at radius 3 is 2.73 bits per heavy atom. The number of rotatable bonds is 3. The van der Waals surface area contributed by atoms with Gasteiger partial charge in [0.05, 0.1) is 0 Å². The quantitative estimate of drug-likeness (QED) is 0.752. The minimum absolute atomic E-state index is 0.551. The molecule has 1 rings (SSSR count). The van der Waals surface area contributed by atoms with Crippen LogP contribution in [0.15, 0.2) is 0 Å². The van der Waals surface area contributed by atoms with E-state index in [-0.39, 0.29) is 0 Å². The van der Waals surface area contributed by atoms with Gasteiger partial charge in [0, 0.05) is 11.2 Å². The molecule has 0 N–H and O–H groups in total. The largest absolute Gasteiger partial charge is 0.144 e. The van der Waals surface area contributed by atoms with Gasteiger partial charge >= 0.3 is 0 Å². The van der Waals surface area contributed by atoms with Crippen LogP contribution >= 0.6 is 27.3 Å². The van der Waals surface area contributed by atoms with Crippen LogP contribution in [-0.2, 0) is 6.42 Å². The van der Waals surface area contributed by atoms with Crippen LogP contribution < -0.4 is 0 Å². The summed E-state index contributed by atoms with van der Waals surface area (Å²) in [6.07, 6.45) is 2.14. The third-order valence-electron chi connectivity index (χ3n) is 1.41. The molecule has 1 aromatic rings. The van der Waals surface area contributed by atoms with E-state index in [2.05, 4.69) is 33.1 Å². The van der Waals surface area contributed by atoms with Gasteiger partial charge in [-0.2, -0.15) is 0 Å². The van der Waals surface area contributed by atoms with Crippen molar-refractivity contribution < 1.29 is 0 Å². The van der Waals surface area contributed by atoms with Gasteiger partial charge in [0.1, 0.15) is 10.0 Å². The Bertz CT molecular complexity index is 224. The molecule has 0 saturated carbocycles. The van der Waals surface area contributed by atoms with Crippen LogP contribution in [-0.4, -0.2) is 15.0 Å². The van der Waals surface area contributed by atoms with Crippen LogP contribution in [0.4, 0.5) is 0 Å². The van der Waals surface area contributed by atoms with Gasteiger partial charge in [-0.15, -0.1) is 21.5 Å². The van der Waals surface area contributed by atoms with E-state index in [0.717, 1.165) is 22.9 Å². The van der Waals surface area contributed by atoms with Crippen molar-refractivity contribution in [2.24, 2.45) is 0 Å². The highest BCUT2D eigenvalue weighted by Crippen LogP contribution is 2.15. The first-order valence-electron chi connectivity index (χ1n) is 3.65. The summed E-state index contributed by atoms with van der Waals surface area (Å²) in [5.74, 6) is 0. The molecule has 1 atom stereocenters. The van der Waals surface area contributed by atoms with Crippen molar-refractivity contribution in [1.82, 2.24) is 10.2 Å². The third kappa shape index (κ3) is 2.87. The molecule has 1 unspecified atom stereocenters. The van der Waals surface area contributed by atoms with Crippen LogP contribution in [0.1, 0.15) is 23.4 Å². The van der Waals surface area contributed by atoms with Gasteiger partial charge in [-0.25, -0.2) is 0 Å². The SMILES string of the molecule is CCC(Br)Cc1nnc(C)s1. The summed E-state index contributed by atoms with van der Waals surface area (Å²) in [6.45, 7) is 4.14. The minimum atomic E-state index is 0.551. The van der Waals surface area contributed by atoms with Crippen LogP contribution in [0, 0.1) is 6.92 Å². The molecule has 1 heterocycles. The number of hydrogen-bond donors (Lipinski definition) is 0. The van der Waals surface area contributed by atoms with Gasteiger partial charge in [-0.05, 0) is 13.3 Å². The molecule has 4 heteroatoms. The first kappa shape index (κ1) is 9.13. The molecular weight excluding hydrogens is 224 g/mol. The smallest absolute Gasteiger partial charge is 0.118 e. The van der Waals surface area contributed by atoms with Crippen LogP contribution in [0.25, 0.3) is 0 Å². The van der Waals surface area contributed by atoms with E-state index in [1.165, 1.54) is 0 Å². The molecule has 0 bridgehead atoms. The van der Waals surface area contributed by atoms with E-state index in [0.29, 0.717) is 4.83 Å². The maximum atomic E-state index is 4.04. The Labute approximate surface area is 79.2 Å². The standard InChI is InChI=1S/C7H11BrN2S/c1-3-6(8)4-7-10-9-5(2)11-7/h6H,3-4H2,1-2H3. The van der Waals surface area contributed by atoms with Crippen LogP contribution in [0.5, 0.6) is 0 Å². The lowest BCUT2D eigenvalue weighted by molar-refractivity contribution is 0.809. The summed E-state index contributed by atoms with van der Waals surface area (Å²) in [5.41, 5.74) is 0. The molecule has 62 valence electrons. The monoisotopic (exact) mass is 234 g/mol. The maximum Gasteiger partial charge on any atom is 0.118 e. The second-order valence-corrected chi connectivity index (χ2v) is 4.99. The summed E-state index contributed by atoms with van der Waals surface area (Å²) in [4.78, 5) is 0.551. The van der Waals surface area contributed by atoms with Crippen molar-refractivity contribution in [3.63, 3.8) is 0 Å². The molecule has 11 heavy (non-hydrogen) atoms. The fourth-order valence-electron chi connectivity index (χ4n) is 0.754. The summed E-state index contributed by atoms with van der Waals surface area (Å²) in [7, 11) is 0. The lowest BCUT2D eigenvalue weighted by Gasteiger charge is -2.00. The Kier molecular flexibility index (Phi) is 3.45. The Hall–Kier alpha value is 0.0400. The van der Waals surface area contributed by atoms with Crippen LogP contribution in [0.2, 0.25) is 0 Å². The fourth-order valence-corrected chi connectivity index (χ4v) is 2.06. The molecule has 0 aromatic carbocycles. The van der Waals surface area contributed by atoms with E-state index in [1.807, 2.05) is 6.92 Å². The summed E-state index contributed by atoms with van der Waals surface area (Å²) >= 11 is 5.24. The van der Waals surface area contributed by atoms with Gasteiger partial charge < -0.3 is 0 Å². The maximum absolute atomic E-state index is 4.04. The molecular formula is C7H11BrN2S. The summed E-state index contributed by atoms with van der Waals surface area (Å²) < 4.78 is 0. The topological polar surface area (TPSA) is 25.8 Å². The van der Waals surface area contributed by atoms with Crippen molar-refractivity contribution in [2.45, 2.75) is 31.5 Å². The summed E-state index contributed by atoms with van der Waals surface area (Å²) in [5, 5.41) is 10.2. The predicted octanol–water partition coefficient (Wildman–Crippen LogP) is 2.56. The lowest BCUT2D eigenvalue weighted by Crippen LogP contribution is -1.99. The van der Waals surface area contributed by atoms with Gasteiger partial charge in [-0.3, -0.25) is 0 Å². The van der Waals surface area contributed by atoms with Gasteiger partial charge in [0.15, 0.2) is 0 Å².